The van der Waals surface area contributed by atoms with Crippen LogP contribution in [0.5, 0.6) is 0 Å². The molecule has 0 spiro atoms. The predicted octanol–water partition coefficient (Wildman–Crippen LogP) is 2.60. The summed E-state index contributed by atoms with van der Waals surface area (Å²) in [5.74, 6) is -0.104. The van der Waals surface area contributed by atoms with Crippen LogP contribution in [0.15, 0.2) is 65.7 Å². The predicted molar refractivity (Wildman–Crippen MR) is 119 cm³/mol. The molecule has 3 amide bonds. The summed E-state index contributed by atoms with van der Waals surface area (Å²) in [6.45, 7) is 1.44. The molecule has 0 unspecified atom stereocenters. The number of nitrogens with zero attached hydrogens (tertiary/aromatic N) is 3. The summed E-state index contributed by atoms with van der Waals surface area (Å²) < 4.78 is 1.47. The van der Waals surface area contributed by atoms with Crippen molar-refractivity contribution in [2.75, 3.05) is 18.4 Å². The molecule has 1 aromatic heterocycles. The molecule has 2 aromatic carbocycles. The number of likely N-dealkylation sites (tertiary alicyclic amines) is 1. The van der Waals surface area contributed by atoms with Gasteiger partial charge in [-0.05, 0) is 37.1 Å². The highest BCUT2D eigenvalue weighted by Gasteiger charge is 2.23. The lowest BCUT2D eigenvalue weighted by molar-refractivity contribution is -0.122. The van der Waals surface area contributed by atoms with Gasteiger partial charge in [0.15, 0.2) is 0 Å². The molecule has 4 rings (SSSR count). The molecule has 0 aliphatic carbocycles. The van der Waals surface area contributed by atoms with Gasteiger partial charge in [-0.15, -0.1) is 0 Å². The largest absolute Gasteiger partial charge is 0.353 e. The molecule has 2 N–H and O–H groups in total. The first-order chi connectivity index (χ1) is 15.1. The van der Waals surface area contributed by atoms with Gasteiger partial charge in [-0.1, -0.05) is 30.3 Å². The Morgan fingerprint density at radius 2 is 1.71 bits per heavy atom. The Morgan fingerprint density at radius 1 is 1.00 bits per heavy atom. The zero-order chi connectivity index (χ0) is 21.6. The van der Waals surface area contributed by atoms with Crippen molar-refractivity contribution < 1.29 is 9.59 Å². The Morgan fingerprint density at radius 3 is 2.48 bits per heavy atom. The molecule has 31 heavy (non-hydrogen) atoms. The molecular formula is C23H25N5O3. The SMILES string of the molecule is O=C(CCn1cnc2ccccc2c1=O)NC1CCN(C(=O)Nc2ccccc2)CC1. The number of carbonyl (C=O) groups is 2. The van der Waals surface area contributed by atoms with Crippen molar-refractivity contribution in [1.29, 1.82) is 0 Å². The molecule has 3 aromatic rings. The monoisotopic (exact) mass is 419 g/mol. The summed E-state index contributed by atoms with van der Waals surface area (Å²) in [4.78, 5) is 43.3. The van der Waals surface area contributed by atoms with Gasteiger partial charge in [0.25, 0.3) is 5.56 Å². The Kier molecular flexibility index (Phi) is 6.26. The van der Waals surface area contributed by atoms with Crippen LogP contribution in [-0.4, -0.2) is 45.5 Å². The minimum atomic E-state index is -0.142. The fourth-order valence-electron chi connectivity index (χ4n) is 3.74. The highest BCUT2D eigenvalue weighted by Crippen LogP contribution is 2.13. The molecule has 2 heterocycles. The zero-order valence-electron chi connectivity index (χ0n) is 17.2. The Labute approximate surface area is 179 Å². The highest BCUT2D eigenvalue weighted by atomic mass is 16.2. The van der Waals surface area contributed by atoms with Crippen LogP contribution in [0.1, 0.15) is 19.3 Å². The first-order valence-electron chi connectivity index (χ1n) is 10.4. The number of aromatic nitrogens is 2. The van der Waals surface area contributed by atoms with Crippen molar-refractivity contribution in [2.24, 2.45) is 0 Å². The number of urea groups is 1. The van der Waals surface area contributed by atoms with Gasteiger partial charge in [0, 0.05) is 37.8 Å². The number of hydrogen-bond donors (Lipinski definition) is 2. The fraction of sp³-hybridized carbons (Fsp3) is 0.304. The Balaban J connectivity index is 1.24. The van der Waals surface area contributed by atoms with E-state index in [2.05, 4.69) is 15.6 Å². The Bertz CT molecular complexity index is 1120. The van der Waals surface area contributed by atoms with E-state index >= 15 is 0 Å². The van der Waals surface area contributed by atoms with Crippen molar-refractivity contribution in [3.63, 3.8) is 0 Å². The number of amides is 3. The summed E-state index contributed by atoms with van der Waals surface area (Å²) in [5.41, 5.74) is 1.27. The van der Waals surface area contributed by atoms with Crippen molar-refractivity contribution in [3.8, 4) is 0 Å². The van der Waals surface area contributed by atoms with E-state index in [1.807, 2.05) is 36.4 Å². The van der Waals surface area contributed by atoms with E-state index in [0.29, 0.717) is 36.8 Å². The van der Waals surface area contributed by atoms with Crippen molar-refractivity contribution >= 4 is 28.5 Å². The topological polar surface area (TPSA) is 96.3 Å². The first-order valence-corrected chi connectivity index (χ1v) is 10.4. The average molecular weight is 419 g/mol. The molecule has 8 heteroatoms. The number of fused-ring (bicyclic) bond motifs is 1. The van der Waals surface area contributed by atoms with Gasteiger partial charge in [-0.3, -0.25) is 14.2 Å². The number of aryl methyl sites for hydroxylation is 1. The zero-order valence-corrected chi connectivity index (χ0v) is 17.2. The van der Waals surface area contributed by atoms with Crippen LogP contribution in [0.2, 0.25) is 0 Å². The maximum absolute atomic E-state index is 12.5. The normalized spacial score (nSPS) is 14.4. The number of benzene rings is 2. The van der Waals surface area contributed by atoms with Crippen molar-refractivity contribution in [1.82, 2.24) is 19.8 Å². The van der Waals surface area contributed by atoms with Gasteiger partial charge in [0.05, 0.1) is 17.2 Å². The molecule has 0 saturated carbocycles. The fourth-order valence-corrected chi connectivity index (χ4v) is 3.74. The van der Waals surface area contributed by atoms with Gasteiger partial charge >= 0.3 is 6.03 Å². The maximum atomic E-state index is 12.5. The van der Waals surface area contributed by atoms with E-state index in [9.17, 15) is 14.4 Å². The number of nitrogens with one attached hydrogen (secondary N) is 2. The van der Waals surface area contributed by atoms with Crippen molar-refractivity contribution in [3.05, 3.63) is 71.3 Å². The van der Waals surface area contributed by atoms with E-state index < -0.39 is 0 Å². The van der Waals surface area contributed by atoms with Crippen LogP contribution < -0.4 is 16.2 Å². The molecule has 1 aliphatic rings. The number of hydrogen-bond acceptors (Lipinski definition) is 4. The van der Waals surface area contributed by atoms with Crippen LogP contribution in [0.4, 0.5) is 10.5 Å². The third-order valence-corrected chi connectivity index (χ3v) is 5.48. The maximum Gasteiger partial charge on any atom is 0.321 e. The van der Waals surface area contributed by atoms with E-state index in [1.165, 1.54) is 10.9 Å². The van der Waals surface area contributed by atoms with E-state index in [-0.39, 0.29) is 36.5 Å². The number of anilines is 1. The van der Waals surface area contributed by atoms with Gasteiger partial charge in [0.2, 0.25) is 5.91 Å². The minimum Gasteiger partial charge on any atom is -0.353 e. The van der Waals surface area contributed by atoms with Crippen LogP contribution in [0.3, 0.4) is 0 Å². The van der Waals surface area contributed by atoms with Crippen LogP contribution >= 0.6 is 0 Å². The lowest BCUT2D eigenvalue weighted by Crippen LogP contribution is -2.47. The van der Waals surface area contributed by atoms with Crippen LogP contribution in [-0.2, 0) is 11.3 Å². The summed E-state index contributed by atoms with van der Waals surface area (Å²) in [6, 6.07) is 16.4. The van der Waals surface area contributed by atoms with Gasteiger partial charge in [-0.2, -0.15) is 0 Å². The second kappa shape index (κ2) is 9.42. The second-order valence-electron chi connectivity index (χ2n) is 7.64. The molecule has 1 aliphatic heterocycles. The minimum absolute atomic E-state index is 0.0275. The molecule has 0 radical (unpaired) electrons. The molecule has 1 fully saturated rings. The Hall–Kier alpha value is -3.68. The van der Waals surface area contributed by atoms with E-state index in [4.69, 9.17) is 0 Å². The van der Waals surface area contributed by atoms with E-state index in [1.54, 1.807) is 23.1 Å². The van der Waals surface area contributed by atoms with Crippen LogP contribution in [0, 0.1) is 0 Å². The van der Waals surface area contributed by atoms with Gasteiger partial charge in [0.1, 0.15) is 0 Å². The van der Waals surface area contributed by atoms with Crippen LogP contribution in [0.25, 0.3) is 10.9 Å². The summed E-state index contributed by atoms with van der Waals surface area (Å²) in [6.07, 6.45) is 3.09. The summed E-state index contributed by atoms with van der Waals surface area (Å²) in [5, 5.41) is 6.45. The van der Waals surface area contributed by atoms with Crippen molar-refractivity contribution in [2.45, 2.75) is 31.8 Å². The smallest absolute Gasteiger partial charge is 0.321 e. The van der Waals surface area contributed by atoms with E-state index in [0.717, 1.165) is 5.69 Å². The molecule has 160 valence electrons. The average Bonchev–Trinajstić information content (AvgIpc) is 2.80. The molecular weight excluding hydrogens is 394 g/mol. The number of para-hydroxylation sites is 2. The first kappa shape index (κ1) is 20.6. The lowest BCUT2D eigenvalue weighted by atomic mass is 10.1. The van der Waals surface area contributed by atoms with Gasteiger partial charge < -0.3 is 15.5 Å². The number of carbonyl (C=O) groups excluding carboxylic acids is 2. The molecule has 0 bridgehead atoms. The highest BCUT2D eigenvalue weighted by molar-refractivity contribution is 5.89. The molecule has 0 atom stereocenters. The number of rotatable bonds is 5. The molecule has 1 saturated heterocycles. The quantitative estimate of drug-likeness (QED) is 0.664. The third kappa shape index (κ3) is 5.09. The summed E-state index contributed by atoms with van der Waals surface area (Å²) >= 11 is 0. The third-order valence-electron chi connectivity index (χ3n) is 5.48. The lowest BCUT2D eigenvalue weighted by Gasteiger charge is -2.32. The number of piperidine rings is 1. The van der Waals surface area contributed by atoms with Gasteiger partial charge in [-0.25, -0.2) is 9.78 Å². The molecule has 8 nitrogen and oxygen atoms in total. The second-order valence-corrected chi connectivity index (χ2v) is 7.64. The summed E-state index contributed by atoms with van der Waals surface area (Å²) in [7, 11) is 0. The standard InChI is InChI=1S/C23H25N5O3/c29-21(12-15-28-16-24-20-9-5-4-8-19(20)22(28)30)25-18-10-13-27(14-11-18)23(31)26-17-6-2-1-3-7-17/h1-9,16,18H,10-15H2,(H,25,29)(H,26,31).